The molecule has 1 saturated heterocycles. The van der Waals surface area contributed by atoms with Gasteiger partial charge in [-0.3, -0.25) is 4.79 Å². The summed E-state index contributed by atoms with van der Waals surface area (Å²) in [5.74, 6) is -0.239. The summed E-state index contributed by atoms with van der Waals surface area (Å²) in [6, 6.07) is -0.219. The summed E-state index contributed by atoms with van der Waals surface area (Å²) in [6.45, 7) is 0.486. The van der Waals surface area contributed by atoms with Crippen LogP contribution in [0.4, 0.5) is 0 Å². The van der Waals surface area contributed by atoms with Crippen LogP contribution in [-0.4, -0.2) is 36.9 Å². The molecule has 0 spiro atoms. The topological polar surface area (TPSA) is 58.6 Å². The normalized spacial score (nSPS) is 28.8. The van der Waals surface area contributed by atoms with E-state index in [1.54, 1.807) is 0 Å². The Kier molecular flexibility index (Phi) is 5.20. The van der Waals surface area contributed by atoms with Crippen molar-refractivity contribution in [2.24, 2.45) is 0 Å². The lowest BCUT2D eigenvalue weighted by molar-refractivity contribution is -0.144. The molecular weight excluding hydrogens is 182 g/mol. The summed E-state index contributed by atoms with van der Waals surface area (Å²) in [6.07, 6.45) is 1.02. The maximum atomic E-state index is 10.9. The molecule has 2 N–H and O–H groups in total. The number of nitrogens with one attached hydrogen (secondary N) is 1. The third kappa shape index (κ3) is 2.97. The van der Waals surface area contributed by atoms with Crippen molar-refractivity contribution in [3.05, 3.63) is 0 Å². The van der Waals surface area contributed by atoms with E-state index in [1.807, 2.05) is 0 Å². The van der Waals surface area contributed by atoms with E-state index in [9.17, 15) is 4.79 Å². The molecule has 0 saturated carbocycles. The highest BCUT2D eigenvalue weighted by Crippen LogP contribution is 2.08. The van der Waals surface area contributed by atoms with Gasteiger partial charge in [-0.05, 0) is 12.8 Å². The zero-order valence-electron chi connectivity index (χ0n) is 6.95. The van der Waals surface area contributed by atoms with Crippen LogP contribution in [0.5, 0.6) is 0 Å². The van der Waals surface area contributed by atoms with Crippen molar-refractivity contribution < 1.29 is 14.6 Å². The maximum Gasteiger partial charge on any atom is 0.322 e. The van der Waals surface area contributed by atoms with E-state index in [0.717, 1.165) is 0 Å². The van der Waals surface area contributed by atoms with Crippen molar-refractivity contribution in [3.8, 4) is 0 Å². The van der Waals surface area contributed by atoms with Crippen LogP contribution in [0.25, 0.3) is 0 Å². The Labute approximate surface area is 77.7 Å². The fourth-order valence-corrected chi connectivity index (χ4v) is 1.18. The van der Waals surface area contributed by atoms with Crippen molar-refractivity contribution in [1.29, 1.82) is 0 Å². The van der Waals surface area contributed by atoms with Crippen LogP contribution in [-0.2, 0) is 9.53 Å². The maximum absolute atomic E-state index is 10.9. The summed E-state index contributed by atoms with van der Waals surface area (Å²) in [7, 11) is 1.37. The molecule has 1 heterocycles. The first-order valence-electron chi connectivity index (χ1n) is 3.73. The highest BCUT2D eigenvalue weighted by Gasteiger charge is 2.24. The lowest BCUT2D eigenvalue weighted by Crippen LogP contribution is -2.46. The number of hydrogen-bond acceptors (Lipinski definition) is 4. The molecule has 0 bridgehead atoms. The van der Waals surface area contributed by atoms with E-state index in [0.29, 0.717) is 19.4 Å². The van der Waals surface area contributed by atoms with Crippen LogP contribution in [0.2, 0.25) is 0 Å². The monoisotopic (exact) mass is 195 g/mol. The molecule has 12 heavy (non-hydrogen) atoms. The molecule has 0 aliphatic carbocycles. The Morgan fingerprint density at radius 2 is 2.25 bits per heavy atom. The van der Waals surface area contributed by atoms with Gasteiger partial charge in [0, 0.05) is 6.54 Å². The smallest absolute Gasteiger partial charge is 0.322 e. The Morgan fingerprint density at radius 1 is 1.58 bits per heavy atom. The Balaban J connectivity index is 0.00000121. The zero-order valence-corrected chi connectivity index (χ0v) is 7.76. The lowest BCUT2D eigenvalue weighted by Gasteiger charge is -2.24. The van der Waals surface area contributed by atoms with Gasteiger partial charge in [0.15, 0.2) is 0 Å². The first kappa shape index (κ1) is 11.7. The van der Waals surface area contributed by atoms with Crippen molar-refractivity contribution >= 4 is 18.4 Å². The largest absolute Gasteiger partial charge is 0.468 e. The van der Waals surface area contributed by atoms with E-state index >= 15 is 0 Å². The number of carbonyl (C=O) groups excluding carboxylic acids is 1. The molecule has 72 valence electrons. The van der Waals surface area contributed by atoms with Gasteiger partial charge in [-0.15, -0.1) is 12.4 Å². The van der Waals surface area contributed by atoms with Crippen LogP contribution in [0.1, 0.15) is 12.8 Å². The Morgan fingerprint density at radius 3 is 2.67 bits per heavy atom. The van der Waals surface area contributed by atoms with Crippen LogP contribution in [0.3, 0.4) is 0 Å². The number of carbonyl (C=O) groups is 1. The van der Waals surface area contributed by atoms with Crippen LogP contribution in [0, 0.1) is 0 Å². The van der Waals surface area contributed by atoms with Crippen molar-refractivity contribution in [3.63, 3.8) is 0 Å². The lowest BCUT2D eigenvalue weighted by atomic mass is 10.0. The molecule has 5 heteroatoms. The molecule has 1 aliphatic rings. The number of aliphatic hydroxyl groups is 1. The number of ether oxygens (including phenoxy) is 1. The molecular formula is C7H14ClNO3. The van der Waals surface area contributed by atoms with Crippen molar-refractivity contribution in [1.82, 2.24) is 5.32 Å². The van der Waals surface area contributed by atoms with Gasteiger partial charge in [0.05, 0.1) is 13.2 Å². The number of piperidine rings is 1. The zero-order chi connectivity index (χ0) is 8.27. The molecule has 1 fully saturated rings. The number of β-amino-alcohol motifs (C(OH)–C–C–N with tert-alkyl or cyclic N) is 1. The second kappa shape index (κ2) is 5.35. The number of methoxy groups -OCH3 is 1. The molecule has 2 atom stereocenters. The number of esters is 1. The Hall–Kier alpha value is -0.320. The minimum Gasteiger partial charge on any atom is -0.468 e. The molecule has 1 aliphatic heterocycles. The number of rotatable bonds is 1. The third-order valence-corrected chi connectivity index (χ3v) is 1.87. The second-order valence-electron chi connectivity index (χ2n) is 2.72. The minimum absolute atomic E-state index is 0. The van der Waals surface area contributed by atoms with Crippen LogP contribution >= 0.6 is 12.4 Å². The summed E-state index contributed by atoms with van der Waals surface area (Å²) >= 11 is 0. The molecule has 0 radical (unpaired) electrons. The van der Waals surface area contributed by atoms with Crippen LogP contribution < -0.4 is 5.32 Å². The highest BCUT2D eigenvalue weighted by atomic mass is 35.5. The molecule has 1 rings (SSSR count). The second-order valence-corrected chi connectivity index (χ2v) is 2.72. The minimum atomic E-state index is -0.309. The van der Waals surface area contributed by atoms with Gasteiger partial charge < -0.3 is 15.2 Å². The van der Waals surface area contributed by atoms with Gasteiger partial charge in [0.2, 0.25) is 0 Å². The molecule has 0 aromatic heterocycles. The van der Waals surface area contributed by atoms with Gasteiger partial charge in [-0.1, -0.05) is 0 Å². The first-order valence-corrected chi connectivity index (χ1v) is 3.73. The molecule has 0 amide bonds. The molecule has 4 nitrogen and oxygen atoms in total. The summed E-state index contributed by atoms with van der Waals surface area (Å²) in [5.41, 5.74) is 0. The van der Waals surface area contributed by atoms with E-state index in [1.165, 1.54) is 7.11 Å². The fraction of sp³-hybridized carbons (Fsp3) is 0.857. The Bertz CT molecular complexity index is 146. The predicted molar refractivity (Wildman–Crippen MR) is 46.3 cm³/mol. The predicted octanol–water partition coefficient (Wildman–Crippen LogP) is -0.306. The van der Waals surface area contributed by atoms with E-state index in [2.05, 4.69) is 10.1 Å². The van der Waals surface area contributed by atoms with Crippen LogP contribution in [0.15, 0.2) is 0 Å². The first-order chi connectivity index (χ1) is 5.24. The van der Waals surface area contributed by atoms with Gasteiger partial charge in [0.1, 0.15) is 6.04 Å². The van der Waals surface area contributed by atoms with Gasteiger partial charge in [-0.2, -0.15) is 0 Å². The quantitative estimate of drug-likeness (QED) is 0.564. The number of hydrogen-bond donors (Lipinski definition) is 2. The SMILES string of the molecule is COC(=O)[C@H]1CC[C@@H](O)CN1.Cl. The third-order valence-electron chi connectivity index (χ3n) is 1.87. The van der Waals surface area contributed by atoms with Gasteiger partial charge in [0.25, 0.3) is 0 Å². The summed E-state index contributed by atoms with van der Waals surface area (Å²) in [5, 5.41) is 12.0. The van der Waals surface area contributed by atoms with E-state index in [-0.39, 0.29) is 30.5 Å². The van der Waals surface area contributed by atoms with E-state index < -0.39 is 0 Å². The van der Waals surface area contributed by atoms with Gasteiger partial charge in [-0.25, -0.2) is 0 Å². The number of aliphatic hydroxyl groups excluding tert-OH is 1. The average molecular weight is 196 g/mol. The summed E-state index contributed by atoms with van der Waals surface area (Å²) < 4.78 is 4.54. The van der Waals surface area contributed by atoms with E-state index in [4.69, 9.17) is 5.11 Å². The molecule has 0 aromatic rings. The highest BCUT2D eigenvalue weighted by molar-refractivity contribution is 5.85. The van der Waals surface area contributed by atoms with Crippen molar-refractivity contribution in [2.45, 2.75) is 25.0 Å². The summed E-state index contributed by atoms with van der Waals surface area (Å²) in [4.78, 5) is 10.9. The molecule has 0 aromatic carbocycles. The average Bonchev–Trinajstić information content (AvgIpc) is 2.05. The molecule has 0 unspecified atom stereocenters. The number of halogens is 1. The van der Waals surface area contributed by atoms with Gasteiger partial charge >= 0.3 is 5.97 Å². The van der Waals surface area contributed by atoms with Crippen molar-refractivity contribution in [2.75, 3.05) is 13.7 Å². The standard InChI is InChI=1S/C7H13NO3.ClH/c1-11-7(10)6-3-2-5(9)4-8-6;/h5-6,8-9H,2-4H2,1H3;1H/t5-,6-;/m1./s1. The fourth-order valence-electron chi connectivity index (χ4n) is 1.18.